The molecule has 0 radical (unpaired) electrons. The molecule has 1 aromatic rings. The molecule has 1 aromatic heterocycles. The zero-order chi connectivity index (χ0) is 19.4. The average Bonchev–Trinajstić information content (AvgIpc) is 3.19. The fourth-order valence-corrected chi connectivity index (χ4v) is 5.66. The zero-order valence-electron chi connectivity index (χ0n) is 16.9. The van der Waals surface area contributed by atoms with Crippen molar-refractivity contribution in [2.45, 2.75) is 64.3 Å². The summed E-state index contributed by atoms with van der Waals surface area (Å²) in [6, 6.07) is 2.52. The van der Waals surface area contributed by atoms with E-state index in [2.05, 4.69) is 30.1 Å². The third-order valence-electron chi connectivity index (χ3n) is 6.23. The zero-order valence-corrected chi connectivity index (χ0v) is 17.7. The lowest BCUT2D eigenvalue weighted by Crippen LogP contribution is -2.47. The van der Waals surface area contributed by atoms with Gasteiger partial charge in [0.15, 0.2) is 0 Å². The van der Waals surface area contributed by atoms with E-state index in [9.17, 15) is 9.59 Å². The second-order valence-electron chi connectivity index (χ2n) is 8.03. The standard InChI is InChI=1S/C21H33N3O2S/c1-4-6-18-15(2)7-5-10-24(18)20(25)17-13-19(27-14-17)16-8-11-23(12-9-16)21(26)22-3/h13-16,18H,4-12H2,1-3H3,(H,22,26). The molecular weight excluding hydrogens is 358 g/mol. The minimum atomic E-state index is 0.0108. The third kappa shape index (κ3) is 4.48. The highest BCUT2D eigenvalue weighted by Crippen LogP contribution is 2.34. The highest BCUT2D eigenvalue weighted by atomic mass is 32.1. The Hall–Kier alpha value is -1.56. The number of nitrogens with one attached hydrogen (secondary N) is 1. The van der Waals surface area contributed by atoms with Gasteiger partial charge in [-0.1, -0.05) is 20.3 Å². The lowest BCUT2D eigenvalue weighted by molar-refractivity contribution is 0.0498. The maximum absolute atomic E-state index is 13.2. The molecule has 0 bridgehead atoms. The van der Waals surface area contributed by atoms with Crippen molar-refractivity contribution in [2.75, 3.05) is 26.7 Å². The van der Waals surface area contributed by atoms with Crippen molar-refractivity contribution < 1.29 is 9.59 Å². The maximum Gasteiger partial charge on any atom is 0.317 e. The van der Waals surface area contributed by atoms with Crippen LogP contribution in [-0.2, 0) is 0 Å². The number of amides is 3. The highest BCUT2D eigenvalue weighted by Gasteiger charge is 2.32. The van der Waals surface area contributed by atoms with Crippen LogP contribution in [0.5, 0.6) is 0 Å². The molecule has 3 heterocycles. The molecule has 0 spiro atoms. The van der Waals surface area contributed by atoms with Crippen LogP contribution in [0.4, 0.5) is 4.79 Å². The second-order valence-corrected chi connectivity index (χ2v) is 8.97. The number of urea groups is 1. The monoisotopic (exact) mass is 391 g/mol. The molecule has 0 saturated carbocycles. The second kappa shape index (κ2) is 9.09. The SMILES string of the molecule is CCCC1C(C)CCCN1C(=O)c1csc(C2CCN(C(=O)NC)CC2)c1. The van der Waals surface area contributed by atoms with Crippen molar-refractivity contribution in [1.82, 2.24) is 15.1 Å². The predicted molar refractivity (Wildman–Crippen MR) is 110 cm³/mol. The van der Waals surface area contributed by atoms with Gasteiger partial charge in [0.1, 0.15) is 0 Å². The predicted octanol–water partition coefficient (Wildman–Crippen LogP) is 4.31. The van der Waals surface area contributed by atoms with Gasteiger partial charge in [0.05, 0.1) is 5.56 Å². The summed E-state index contributed by atoms with van der Waals surface area (Å²) < 4.78 is 0. The van der Waals surface area contributed by atoms with Crippen molar-refractivity contribution in [3.05, 3.63) is 21.9 Å². The Kier molecular flexibility index (Phi) is 6.79. The van der Waals surface area contributed by atoms with Crippen molar-refractivity contribution >= 4 is 23.3 Å². The Morgan fingerprint density at radius 2 is 1.96 bits per heavy atom. The summed E-state index contributed by atoms with van der Waals surface area (Å²) >= 11 is 1.71. The summed E-state index contributed by atoms with van der Waals surface area (Å²) in [4.78, 5) is 30.2. The molecule has 2 fully saturated rings. The molecule has 6 heteroatoms. The fourth-order valence-electron chi connectivity index (χ4n) is 4.61. The van der Waals surface area contributed by atoms with Gasteiger partial charge in [-0.3, -0.25) is 4.79 Å². The molecule has 2 saturated heterocycles. The number of likely N-dealkylation sites (tertiary alicyclic amines) is 2. The molecule has 2 aliphatic rings. The minimum absolute atomic E-state index is 0.0108. The number of piperidine rings is 2. The molecule has 3 amide bonds. The Labute approximate surface area is 167 Å². The molecule has 0 aromatic carbocycles. The van der Waals surface area contributed by atoms with Crippen LogP contribution in [-0.4, -0.2) is 54.5 Å². The first-order chi connectivity index (χ1) is 13.0. The average molecular weight is 392 g/mol. The van der Waals surface area contributed by atoms with E-state index in [4.69, 9.17) is 0 Å². The normalized spacial score (nSPS) is 24.1. The van der Waals surface area contributed by atoms with E-state index in [1.54, 1.807) is 18.4 Å². The molecule has 5 nitrogen and oxygen atoms in total. The number of carbonyl (C=O) groups excluding carboxylic acids is 2. The number of nitrogens with zero attached hydrogens (tertiary/aromatic N) is 2. The van der Waals surface area contributed by atoms with E-state index in [0.717, 1.165) is 57.3 Å². The van der Waals surface area contributed by atoms with Crippen LogP contribution in [0.25, 0.3) is 0 Å². The van der Waals surface area contributed by atoms with Gasteiger partial charge >= 0.3 is 6.03 Å². The van der Waals surface area contributed by atoms with Crippen LogP contribution in [0.2, 0.25) is 0 Å². The van der Waals surface area contributed by atoms with Crippen LogP contribution in [0.15, 0.2) is 11.4 Å². The van der Waals surface area contributed by atoms with Crippen molar-refractivity contribution in [3.8, 4) is 0 Å². The molecular formula is C21H33N3O2S. The van der Waals surface area contributed by atoms with Crippen LogP contribution in [0.3, 0.4) is 0 Å². The minimum Gasteiger partial charge on any atom is -0.341 e. The van der Waals surface area contributed by atoms with Crippen LogP contribution >= 0.6 is 11.3 Å². The molecule has 150 valence electrons. The number of hydrogen-bond acceptors (Lipinski definition) is 3. The number of carbonyl (C=O) groups is 2. The molecule has 2 unspecified atom stereocenters. The lowest BCUT2D eigenvalue weighted by atomic mass is 9.87. The van der Waals surface area contributed by atoms with E-state index in [0.29, 0.717) is 17.9 Å². The lowest BCUT2D eigenvalue weighted by Gasteiger charge is -2.40. The van der Waals surface area contributed by atoms with Gasteiger partial charge in [-0.2, -0.15) is 0 Å². The summed E-state index contributed by atoms with van der Waals surface area (Å²) in [7, 11) is 1.68. The Bertz CT molecular complexity index is 652. The smallest absolute Gasteiger partial charge is 0.317 e. The molecule has 2 atom stereocenters. The fraction of sp³-hybridized carbons (Fsp3) is 0.714. The quantitative estimate of drug-likeness (QED) is 0.831. The largest absolute Gasteiger partial charge is 0.341 e. The van der Waals surface area contributed by atoms with Crippen LogP contribution in [0, 0.1) is 5.92 Å². The van der Waals surface area contributed by atoms with Gasteiger partial charge in [0, 0.05) is 43.0 Å². The topological polar surface area (TPSA) is 52.7 Å². The Morgan fingerprint density at radius 1 is 1.22 bits per heavy atom. The first-order valence-electron chi connectivity index (χ1n) is 10.4. The Balaban J connectivity index is 1.65. The Morgan fingerprint density at radius 3 is 2.63 bits per heavy atom. The van der Waals surface area contributed by atoms with Gasteiger partial charge in [-0.05, 0) is 50.0 Å². The number of thiophene rings is 1. The van der Waals surface area contributed by atoms with Crippen molar-refractivity contribution in [2.24, 2.45) is 5.92 Å². The summed E-state index contributed by atoms with van der Waals surface area (Å²) in [6.07, 6.45) is 6.51. The molecule has 1 N–H and O–H groups in total. The van der Waals surface area contributed by atoms with Gasteiger partial charge in [-0.25, -0.2) is 4.79 Å². The van der Waals surface area contributed by atoms with E-state index < -0.39 is 0 Å². The van der Waals surface area contributed by atoms with Crippen molar-refractivity contribution in [1.29, 1.82) is 0 Å². The first kappa shape index (κ1) is 20.2. The molecule has 0 aliphatic carbocycles. The number of rotatable bonds is 4. The van der Waals surface area contributed by atoms with E-state index in [1.165, 1.54) is 11.3 Å². The van der Waals surface area contributed by atoms with Gasteiger partial charge in [-0.15, -0.1) is 11.3 Å². The summed E-state index contributed by atoms with van der Waals surface area (Å²) in [5.41, 5.74) is 0.860. The van der Waals surface area contributed by atoms with E-state index in [-0.39, 0.29) is 11.9 Å². The van der Waals surface area contributed by atoms with E-state index >= 15 is 0 Å². The summed E-state index contributed by atoms with van der Waals surface area (Å²) in [6.45, 7) is 6.96. The van der Waals surface area contributed by atoms with Gasteiger partial charge in [0.2, 0.25) is 0 Å². The highest BCUT2D eigenvalue weighted by molar-refractivity contribution is 7.10. The number of hydrogen-bond donors (Lipinski definition) is 1. The van der Waals surface area contributed by atoms with Crippen LogP contribution < -0.4 is 5.32 Å². The molecule has 3 rings (SSSR count). The van der Waals surface area contributed by atoms with Gasteiger partial charge in [0.25, 0.3) is 5.91 Å². The third-order valence-corrected chi connectivity index (χ3v) is 7.32. The first-order valence-corrected chi connectivity index (χ1v) is 11.3. The molecule has 2 aliphatic heterocycles. The van der Waals surface area contributed by atoms with Gasteiger partial charge < -0.3 is 15.1 Å². The van der Waals surface area contributed by atoms with E-state index in [1.807, 2.05) is 10.3 Å². The molecule has 27 heavy (non-hydrogen) atoms. The summed E-state index contributed by atoms with van der Waals surface area (Å²) in [5, 5.41) is 4.75. The van der Waals surface area contributed by atoms with Crippen molar-refractivity contribution in [3.63, 3.8) is 0 Å². The summed E-state index contributed by atoms with van der Waals surface area (Å²) in [5.74, 6) is 1.27. The maximum atomic E-state index is 13.2. The van der Waals surface area contributed by atoms with Crippen LogP contribution in [0.1, 0.15) is 73.5 Å².